The fourth-order valence-electron chi connectivity index (χ4n) is 4.21. The fraction of sp³-hybridized carbons (Fsp3) is 0.636. The largest absolute Gasteiger partial charge is 0.336 e. The van der Waals surface area contributed by atoms with Crippen LogP contribution in [0.1, 0.15) is 81.5 Å². The highest BCUT2D eigenvalue weighted by Gasteiger charge is 2.24. The molecule has 5 heteroatoms. The van der Waals surface area contributed by atoms with Crippen molar-refractivity contribution in [3.63, 3.8) is 0 Å². The number of benzene rings is 1. The van der Waals surface area contributed by atoms with E-state index in [4.69, 9.17) is 0 Å². The highest BCUT2D eigenvalue weighted by atomic mass is 16.2. The van der Waals surface area contributed by atoms with Crippen LogP contribution in [0.3, 0.4) is 0 Å². The molecule has 1 saturated heterocycles. The van der Waals surface area contributed by atoms with Crippen LogP contribution in [0.2, 0.25) is 0 Å². The van der Waals surface area contributed by atoms with Crippen molar-refractivity contribution in [1.29, 1.82) is 0 Å². The van der Waals surface area contributed by atoms with Crippen LogP contribution in [0.5, 0.6) is 0 Å². The minimum Gasteiger partial charge on any atom is -0.336 e. The topological polar surface area (TPSA) is 61.4 Å². The number of piperidine rings is 1. The van der Waals surface area contributed by atoms with Crippen molar-refractivity contribution in [3.8, 4) is 0 Å². The molecule has 0 bridgehead atoms. The van der Waals surface area contributed by atoms with E-state index in [1.54, 1.807) is 0 Å². The van der Waals surface area contributed by atoms with Gasteiger partial charge in [-0.2, -0.15) is 0 Å². The van der Waals surface area contributed by atoms with Crippen molar-refractivity contribution >= 4 is 17.6 Å². The normalized spacial score (nSPS) is 21.8. The highest BCUT2D eigenvalue weighted by molar-refractivity contribution is 5.95. The summed E-state index contributed by atoms with van der Waals surface area (Å²) in [4.78, 5) is 26.9. The molecule has 1 aliphatic heterocycles. The third-order valence-electron chi connectivity index (χ3n) is 5.89. The van der Waals surface area contributed by atoms with Crippen molar-refractivity contribution in [3.05, 3.63) is 29.8 Å². The molecule has 148 valence electrons. The van der Waals surface area contributed by atoms with Gasteiger partial charge in [0.2, 0.25) is 0 Å². The molecule has 0 unspecified atom stereocenters. The lowest BCUT2D eigenvalue weighted by atomic mass is 9.97. The number of hydrogen-bond donors (Lipinski definition) is 2. The number of urea groups is 1. The number of anilines is 1. The van der Waals surface area contributed by atoms with Crippen LogP contribution in [0, 0.1) is 0 Å². The molecule has 27 heavy (non-hydrogen) atoms. The lowest BCUT2D eigenvalue weighted by Crippen LogP contribution is -2.42. The third kappa shape index (κ3) is 5.72. The molecule has 5 nitrogen and oxygen atoms in total. The first-order valence-electron chi connectivity index (χ1n) is 10.6. The highest BCUT2D eigenvalue weighted by Crippen LogP contribution is 2.20. The Labute approximate surface area is 162 Å². The standard InChI is InChI=1S/C22H33N3O2/c1-17-9-7-8-16-25(17)21(26)18-12-14-20(15-13-18)24-22(27)23-19-10-5-3-2-4-6-11-19/h12-15,17,19H,2-11,16H2,1H3,(H2,23,24,27)/t17-/m0/s1. The quantitative estimate of drug-likeness (QED) is 0.791. The number of nitrogens with one attached hydrogen (secondary N) is 2. The van der Waals surface area contributed by atoms with E-state index in [1.807, 2.05) is 29.2 Å². The van der Waals surface area contributed by atoms with Crippen LogP contribution >= 0.6 is 0 Å². The number of likely N-dealkylation sites (tertiary alicyclic amines) is 1. The number of hydrogen-bond acceptors (Lipinski definition) is 2. The zero-order chi connectivity index (χ0) is 19.1. The molecule has 0 aromatic heterocycles. The number of amides is 3. The van der Waals surface area contributed by atoms with Gasteiger partial charge >= 0.3 is 6.03 Å². The SMILES string of the molecule is C[C@H]1CCCCN1C(=O)c1ccc(NC(=O)NC2CCCCCCC2)cc1. The molecule has 0 spiro atoms. The van der Waals surface area contributed by atoms with E-state index >= 15 is 0 Å². The Balaban J connectivity index is 1.52. The molecule has 1 saturated carbocycles. The maximum atomic E-state index is 12.7. The van der Waals surface area contributed by atoms with Gasteiger partial charge in [0.05, 0.1) is 0 Å². The number of nitrogens with zero attached hydrogens (tertiary/aromatic N) is 1. The summed E-state index contributed by atoms with van der Waals surface area (Å²) in [5, 5.41) is 6.01. The molecule has 1 heterocycles. The fourth-order valence-corrected chi connectivity index (χ4v) is 4.21. The van der Waals surface area contributed by atoms with Gasteiger partial charge in [-0.25, -0.2) is 4.79 Å². The van der Waals surface area contributed by atoms with Gasteiger partial charge in [-0.05, 0) is 63.3 Å². The number of carbonyl (C=O) groups excluding carboxylic acids is 2. The third-order valence-corrected chi connectivity index (χ3v) is 5.89. The van der Waals surface area contributed by atoms with Gasteiger partial charge in [0.1, 0.15) is 0 Å². The lowest BCUT2D eigenvalue weighted by molar-refractivity contribution is 0.0635. The van der Waals surface area contributed by atoms with Crippen molar-refractivity contribution in [2.45, 2.75) is 83.2 Å². The van der Waals surface area contributed by atoms with Gasteiger partial charge in [0.25, 0.3) is 5.91 Å². The molecule has 1 aliphatic carbocycles. The average molecular weight is 372 g/mol. The minimum absolute atomic E-state index is 0.0905. The summed E-state index contributed by atoms with van der Waals surface area (Å²) >= 11 is 0. The Morgan fingerprint density at radius 2 is 1.52 bits per heavy atom. The average Bonchev–Trinajstić information content (AvgIpc) is 2.64. The van der Waals surface area contributed by atoms with Crippen molar-refractivity contribution in [2.75, 3.05) is 11.9 Å². The van der Waals surface area contributed by atoms with Crippen LogP contribution < -0.4 is 10.6 Å². The molecular formula is C22H33N3O2. The second kappa shape index (κ2) is 9.77. The summed E-state index contributed by atoms with van der Waals surface area (Å²) in [6.07, 6.45) is 11.7. The first-order chi connectivity index (χ1) is 13.1. The predicted octanol–water partition coefficient (Wildman–Crippen LogP) is 4.94. The summed E-state index contributed by atoms with van der Waals surface area (Å²) in [6, 6.07) is 7.69. The van der Waals surface area contributed by atoms with Gasteiger partial charge in [-0.3, -0.25) is 4.79 Å². The maximum Gasteiger partial charge on any atom is 0.319 e. The molecule has 2 aliphatic rings. The van der Waals surface area contributed by atoms with Crippen LogP contribution in [0.25, 0.3) is 0 Å². The smallest absolute Gasteiger partial charge is 0.319 e. The molecule has 2 fully saturated rings. The Kier molecular flexibility index (Phi) is 7.13. The summed E-state index contributed by atoms with van der Waals surface area (Å²) in [5.74, 6) is 0.0905. The molecule has 3 rings (SSSR count). The second-order valence-electron chi connectivity index (χ2n) is 8.06. The molecule has 1 aromatic rings. The Hall–Kier alpha value is -2.04. The maximum absolute atomic E-state index is 12.7. The van der Waals surface area contributed by atoms with Crippen molar-refractivity contribution in [1.82, 2.24) is 10.2 Å². The van der Waals surface area contributed by atoms with Gasteiger partial charge in [-0.15, -0.1) is 0 Å². The second-order valence-corrected chi connectivity index (χ2v) is 8.06. The predicted molar refractivity (Wildman–Crippen MR) is 109 cm³/mol. The van der Waals surface area contributed by atoms with Crippen molar-refractivity contribution in [2.24, 2.45) is 0 Å². The lowest BCUT2D eigenvalue weighted by Gasteiger charge is -2.33. The molecule has 1 aromatic carbocycles. The zero-order valence-electron chi connectivity index (χ0n) is 16.5. The first kappa shape index (κ1) is 19.7. The zero-order valence-corrected chi connectivity index (χ0v) is 16.5. The van der Waals surface area contributed by atoms with Gasteiger partial charge in [0, 0.05) is 29.9 Å². The summed E-state index contributed by atoms with van der Waals surface area (Å²) < 4.78 is 0. The van der Waals surface area contributed by atoms with E-state index in [0.29, 0.717) is 11.6 Å². The molecular weight excluding hydrogens is 338 g/mol. The van der Waals surface area contributed by atoms with Gasteiger partial charge in [-0.1, -0.05) is 32.1 Å². The molecule has 1 atom stereocenters. The molecule has 2 N–H and O–H groups in total. The Morgan fingerprint density at radius 1 is 0.889 bits per heavy atom. The van der Waals surface area contributed by atoms with E-state index in [2.05, 4.69) is 17.6 Å². The molecule has 0 radical (unpaired) electrons. The van der Waals surface area contributed by atoms with Gasteiger partial charge in [0.15, 0.2) is 0 Å². The van der Waals surface area contributed by atoms with Crippen LogP contribution in [-0.4, -0.2) is 35.5 Å². The number of rotatable bonds is 3. The monoisotopic (exact) mass is 371 g/mol. The summed E-state index contributed by atoms with van der Waals surface area (Å²) in [7, 11) is 0. The van der Waals surface area contributed by atoms with E-state index in [1.165, 1.54) is 38.5 Å². The van der Waals surface area contributed by atoms with Crippen LogP contribution in [0.15, 0.2) is 24.3 Å². The van der Waals surface area contributed by atoms with E-state index in [9.17, 15) is 9.59 Å². The summed E-state index contributed by atoms with van der Waals surface area (Å²) in [5.41, 5.74) is 1.41. The van der Waals surface area contributed by atoms with Crippen LogP contribution in [0.4, 0.5) is 10.5 Å². The Morgan fingerprint density at radius 3 is 2.19 bits per heavy atom. The molecule has 3 amide bonds. The van der Waals surface area contributed by atoms with Gasteiger partial charge < -0.3 is 15.5 Å². The van der Waals surface area contributed by atoms with Crippen LogP contribution in [-0.2, 0) is 0 Å². The van der Waals surface area contributed by atoms with E-state index in [-0.39, 0.29) is 18.0 Å². The minimum atomic E-state index is -0.149. The Bertz CT molecular complexity index is 621. The first-order valence-corrected chi connectivity index (χ1v) is 10.6. The summed E-state index contributed by atoms with van der Waals surface area (Å²) in [6.45, 7) is 2.95. The van der Waals surface area contributed by atoms with E-state index < -0.39 is 0 Å². The van der Waals surface area contributed by atoms with Crippen molar-refractivity contribution < 1.29 is 9.59 Å². The van der Waals surface area contributed by atoms with E-state index in [0.717, 1.165) is 37.9 Å². The number of carbonyl (C=O) groups is 2.